The zero-order valence-corrected chi connectivity index (χ0v) is 13.3. The van der Waals surface area contributed by atoms with E-state index in [0.29, 0.717) is 5.69 Å². The Morgan fingerprint density at radius 1 is 1.09 bits per heavy atom. The van der Waals surface area contributed by atoms with Crippen molar-refractivity contribution in [3.63, 3.8) is 0 Å². The van der Waals surface area contributed by atoms with E-state index in [0.717, 1.165) is 10.0 Å². The number of hydrogen-bond acceptors (Lipinski definition) is 2. The molecular formula is C16H16BrN3O2. The van der Waals surface area contributed by atoms with Crippen LogP contribution in [-0.4, -0.2) is 11.9 Å². The van der Waals surface area contributed by atoms with E-state index >= 15 is 0 Å². The van der Waals surface area contributed by atoms with E-state index in [-0.39, 0.29) is 12.3 Å². The lowest BCUT2D eigenvalue weighted by molar-refractivity contribution is -0.116. The summed E-state index contributed by atoms with van der Waals surface area (Å²) in [6, 6.07) is 15.4. The van der Waals surface area contributed by atoms with Crippen molar-refractivity contribution in [1.82, 2.24) is 5.32 Å². The molecule has 22 heavy (non-hydrogen) atoms. The highest BCUT2D eigenvalue weighted by molar-refractivity contribution is 9.10. The minimum absolute atomic E-state index is 0.0916. The molecule has 0 aromatic heterocycles. The second-order valence-corrected chi connectivity index (χ2v) is 5.65. The topological polar surface area (TPSA) is 84.2 Å². The Morgan fingerprint density at radius 2 is 1.82 bits per heavy atom. The van der Waals surface area contributed by atoms with E-state index in [1.807, 2.05) is 42.5 Å². The number of para-hydroxylation sites is 1. The third kappa shape index (κ3) is 4.89. The molecule has 5 nitrogen and oxygen atoms in total. The lowest BCUT2D eigenvalue weighted by Crippen LogP contribution is -2.35. The second-order valence-electron chi connectivity index (χ2n) is 4.73. The fourth-order valence-corrected chi connectivity index (χ4v) is 2.48. The first-order valence-corrected chi connectivity index (χ1v) is 7.50. The number of nitrogens with two attached hydrogens (primary N) is 1. The first-order valence-electron chi connectivity index (χ1n) is 6.71. The van der Waals surface area contributed by atoms with Crippen LogP contribution in [0, 0.1) is 0 Å². The van der Waals surface area contributed by atoms with Gasteiger partial charge in [0.2, 0.25) is 5.91 Å². The predicted molar refractivity (Wildman–Crippen MR) is 89.3 cm³/mol. The monoisotopic (exact) mass is 361 g/mol. The van der Waals surface area contributed by atoms with Crippen LogP contribution in [0.5, 0.6) is 0 Å². The van der Waals surface area contributed by atoms with Gasteiger partial charge in [0.25, 0.3) is 0 Å². The summed E-state index contributed by atoms with van der Waals surface area (Å²) in [5, 5.41) is 5.38. The Bertz CT molecular complexity index is 661. The largest absolute Gasteiger partial charge is 0.352 e. The van der Waals surface area contributed by atoms with Gasteiger partial charge in [0.1, 0.15) is 0 Å². The summed E-state index contributed by atoms with van der Waals surface area (Å²) in [6.45, 7) is 0. The first kappa shape index (κ1) is 16.0. The molecule has 0 saturated heterocycles. The van der Waals surface area contributed by atoms with Crippen molar-refractivity contribution >= 4 is 33.6 Å². The lowest BCUT2D eigenvalue weighted by Gasteiger charge is -2.18. The maximum Gasteiger partial charge on any atom is 0.312 e. The number of carbonyl (C=O) groups is 2. The van der Waals surface area contributed by atoms with Crippen LogP contribution in [-0.2, 0) is 4.79 Å². The maximum atomic E-state index is 12.1. The molecule has 1 atom stereocenters. The van der Waals surface area contributed by atoms with Crippen LogP contribution in [0.4, 0.5) is 10.5 Å². The van der Waals surface area contributed by atoms with E-state index in [1.54, 1.807) is 12.1 Å². The van der Waals surface area contributed by atoms with Crippen molar-refractivity contribution in [2.24, 2.45) is 5.73 Å². The molecular weight excluding hydrogens is 346 g/mol. The number of hydrogen-bond donors (Lipinski definition) is 3. The third-order valence-electron chi connectivity index (χ3n) is 3.01. The number of urea groups is 1. The highest BCUT2D eigenvalue weighted by atomic mass is 79.9. The van der Waals surface area contributed by atoms with E-state index in [9.17, 15) is 9.59 Å². The fourth-order valence-electron chi connectivity index (χ4n) is 2.07. The molecule has 0 aliphatic rings. The number of halogens is 1. The predicted octanol–water partition coefficient (Wildman–Crippen LogP) is 3.19. The van der Waals surface area contributed by atoms with Gasteiger partial charge in [-0.25, -0.2) is 4.79 Å². The van der Waals surface area contributed by atoms with Crippen molar-refractivity contribution in [2.75, 3.05) is 5.32 Å². The first-order chi connectivity index (χ1) is 10.5. The number of anilines is 1. The van der Waals surface area contributed by atoms with Crippen molar-refractivity contribution in [1.29, 1.82) is 0 Å². The molecule has 0 spiro atoms. The quantitative estimate of drug-likeness (QED) is 0.763. The molecule has 0 bridgehead atoms. The van der Waals surface area contributed by atoms with Gasteiger partial charge >= 0.3 is 6.03 Å². The summed E-state index contributed by atoms with van der Waals surface area (Å²) < 4.78 is 0.865. The molecule has 0 aliphatic carbocycles. The Hall–Kier alpha value is -2.34. The van der Waals surface area contributed by atoms with Gasteiger partial charge in [-0.2, -0.15) is 0 Å². The SMILES string of the molecule is NC(=O)NC(CC(=O)Nc1ccccc1)c1cccc(Br)c1. The number of primary amides is 1. The van der Waals surface area contributed by atoms with Crippen LogP contribution in [0.3, 0.4) is 0 Å². The van der Waals surface area contributed by atoms with Crippen LogP contribution in [0.25, 0.3) is 0 Å². The van der Waals surface area contributed by atoms with Gasteiger partial charge in [-0.15, -0.1) is 0 Å². The van der Waals surface area contributed by atoms with E-state index in [1.165, 1.54) is 0 Å². The Morgan fingerprint density at radius 3 is 2.45 bits per heavy atom. The smallest absolute Gasteiger partial charge is 0.312 e. The summed E-state index contributed by atoms with van der Waals surface area (Å²) in [5.41, 5.74) is 6.71. The van der Waals surface area contributed by atoms with Gasteiger partial charge in [0.05, 0.1) is 12.5 Å². The molecule has 0 saturated carbocycles. The standard InChI is InChI=1S/C16H16BrN3O2/c17-12-6-4-5-11(9-12)14(20-16(18)22)10-15(21)19-13-7-2-1-3-8-13/h1-9,14H,10H2,(H,19,21)(H3,18,20,22). The average Bonchev–Trinajstić information content (AvgIpc) is 2.47. The summed E-state index contributed by atoms with van der Waals surface area (Å²) in [5.74, 6) is -0.204. The zero-order valence-electron chi connectivity index (χ0n) is 11.8. The molecule has 1 unspecified atom stereocenters. The normalized spacial score (nSPS) is 11.5. The molecule has 0 radical (unpaired) electrons. The molecule has 2 aromatic carbocycles. The van der Waals surface area contributed by atoms with Crippen LogP contribution >= 0.6 is 15.9 Å². The summed E-state index contributed by atoms with van der Waals surface area (Å²) >= 11 is 3.37. The third-order valence-corrected chi connectivity index (χ3v) is 3.51. The van der Waals surface area contributed by atoms with E-state index in [4.69, 9.17) is 5.73 Å². The highest BCUT2D eigenvalue weighted by Crippen LogP contribution is 2.21. The molecule has 0 aliphatic heterocycles. The molecule has 0 heterocycles. The van der Waals surface area contributed by atoms with Crippen molar-refractivity contribution in [3.05, 3.63) is 64.6 Å². The number of rotatable bonds is 5. The van der Waals surface area contributed by atoms with Crippen LogP contribution < -0.4 is 16.4 Å². The molecule has 2 aromatic rings. The van der Waals surface area contributed by atoms with E-state index < -0.39 is 12.1 Å². The average molecular weight is 362 g/mol. The van der Waals surface area contributed by atoms with Gasteiger partial charge in [-0.05, 0) is 29.8 Å². The molecule has 4 N–H and O–H groups in total. The number of nitrogens with one attached hydrogen (secondary N) is 2. The zero-order chi connectivity index (χ0) is 15.9. The van der Waals surface area contributed by atoms with Crippen molar-refractivity contribution in [2.45, 2.75) is 12.5 Å². The van der Waals surface area contributed by atoms with Crippen LogP contribution in [0.15, 0.2) is 59.1 Å². The minimum Gasteiger partial charge on any atom is -0.352 e. The lowest BCUT2D eigenvalue weighted by atomic mass is 10.0. The fraction of sp³-hybridized carbons (Fsp3) is 0.125. The molecule has 3 amide bonds. The summed E-state index contributed by atoms with van der Waals surface area (Å²) in [7, 11) is 0. The van der Waals surface area contributed by atoms with Crippen molar-refractivity contribution in [3.8, 4) is 0 Å². The van der Waals surface area contributed by atoms with Crippen LogP contribution in [0.2, 0.25) is 0 Å². The molecule has 6 heteroatoms. The number of benzene rings is 2. The summed E-state index contributed by atoms with van der Waals surface area (Å²) in [6.07, 6.45) is 0.0916. The van der Waals surface area contributed by atoms with Gasteiger partial charge in [0.15, 0.2) is 0 Å². The van der Waals surface area contributed by atoms with Crippen molar-refractivity contribution < 1.29 is 9.59 Å². The Kier molecular flexibility index (Phi) is 5.55. The van der Waals surface area contributed by atoms with Gasteiger partial charge in [0, 0.05) is 10.2 Å². The number of amides is 3. The van der Waals surface area contributed by atoms with E-state index in [2.05, 4.69) is 26.6 Å². The molecule has 0 fully saturated rings. The van der Waals surface area contributed by atoms with Gasteiger partial charge < -0.3 is 16.4 Å². The molecule has 2 rings (SSSR count). The summed E-state index contributed by atoms with van der Waals surface area (Å²) in [4.78, 5) is 23.3. The Labute approximate surface area is 137 Å². The van der Waals surface area contributed by atoms with Gasteiger partial charge in [-0.3, -0.25) is 4.79 Å². The second kappa shape index (κ2) is 7.61. The maximum absolute atomic E-state index is 12.1. The van der Waals surface area contributed by atoms with Crippen LogP contribution in [0.1, 0.15) is 18.0 Å². The highest BCUT2D eigenvalue weighted by Gasteiger charge is 2.17. The minimum atomic E-state index is -0.669. The van der Waals surface area contributed by atoms with Gasteiger partial charge in [-0.1, -0.05) is 46.3 Å². The number of carbonyl (C=O) groups excluding carboxylic acids is 2. The molecule has 114 valence electrons. The Balaban J connectivity index is 2.09.